The predicted molar refractivity (Wildman–Crippen MR) is 54.8 cm³/mol. The zero-order valence-corrected chi connectivity index (χ0v) is 8.54. The number of carbonyl (C=O) groups is 2. The molecule has 0 unspecified atom stereocenters. The lowest BCUT2D eigenvalue weighted by molar-refractivity contribution is 0.0967. The molecule has 1 aromatic heterocycles. The molecule has 2 rings (SSSR count). The standard InChI is InChI=1S/C9H8N2O3S/c10-1-2-15-7-3-6(12)9-5(8(7)13)4-11-14-9/h3-4H,1-2,10H2. The highest BCUT2D eigenvalue weighted by Gasteiger charge is 2.29. The second-order valence-corrected chi connectivity index (χ2v) is 4.04. The van der Waals surface area contributed by atoms with E-state index in [1.807, 2.05) is 0 Å². The molecule has 0 radical (unpaired) electrons. The monoisotopic (exact) mass is 224 g/mol. The maximum atomic E-state index is 11.7. The summed E-state index contributed by atoms with van der Waals surface area (Å²) in [5, 5.41) is 3.44. The van der Waals surface area contributed by atoms with Crippen LogP contribution in [-0.4, -0.2) is 29.0 Å². The van der Waals surface area contributed by atoms with Crippen molar-refractivity contribution in [2.24, 2.45) is 5.73 Å². The highest BCUT2D eigenvalue weighted by atomic mass is 32.2. The first kappa shape index (κ1) is 10.1. The lowest BCUT2D eigenvalue weighted by atomic mass is 10.0. The summed E-state index contributed by atoms with van der Waals surface area (Å²) in [4.78, 5) is 23.6. The van der Waals surface area contributed by atoms with Gasteiger partial charge in [0.2, 0.25) is 17.3 Å². The molecule has 0 fully saturated rings. The molecule has 0 saturated carbocycles. The molecule has 0 bridgehead atoms. The predicted octanol–water partition coefficient (Wildman–Crippen LogP) is 0.629. The summed E-state index contributed by atoms with van der Waals surface area (Å²) in [6.45, 7) is 0.458. The molecular formula is C9H8N2O3S. The van der Waals surface area contributed by atoms with E-state index in [0.29, 0.717) is 17.2 Å². The molecule has 0 aromatic carbocycles. The number of Topliss-reactive ketones (excluding diaryl/α,β-unsaturated/α-hetero) is 1. The van der Waals surface area contributed by atoms with E-state index in [4.69, 9.17) is 10.3 Å². The Labute approximate surface area is 89.7 Å². The highest BCUT2D eigenvalue weighted by molar-refractivity contribution is 8.04. The Balaban J connectivity index is 2.30. The van der Waals surface area contributed by atoms with Crippen molar-refractivity contribution in [3.8, 4) is 0 Å². The van der Waals surface area contributed by atoms with Gasteiger partial charge in [0.1, 0.15) is 0 Å². The number of aromatic nitrogens is 1. The molecule has 1 aliphatic rings. The molecular weight excluding hydrogens is 216 g/mol. The van der Waals surface area contributed by atoms with Crippen LogP contribution in [0.25, 0.3) is 0 Å². The molecule has 1 aliphatic carbocycles. The van der Waals surface area contributed by atoms with Crippen molar-refractivity contribution in [3.05, 3.63) is 28.5 Å². The lowest BCUT2D eigenvalue weighted by Gasteiger charge is -2.08. The van der Waals surface area contributed by atoms with Gasteiger partial charge in [-0.2, -0.15) is 0 Å². The van der Waals surface area contributed by atoms with Crippen LogP contribution in [0.5, 0.6) is 0 Å². The van der Waals surface area contributed by atoms with Crippen LogP contribution in [0.2, 0.25) is 0 Å². The lowest BCUT2D eigenvalue weighted by Crippen LogP contribution is -2.14. The van der Waals surface area contributed by atoms with Crippen LogP contribution >= 0.6 is 11.8 Å². The van der Waals surface area contributed by atoms with Crippen molar-refractivity contribution in [2.45, 2.75) is 0 Å². The molecule has 78 valence electrons. The summed E-state index contributed by atoms with van der Waals surface area (Å²) < 4.78 is 4.69. The van der Waals surface area contributed by atoms with Crippen LogP contribution in [0.15, 0.2) is 21.7 Å². The first-order chi connectivity index (χ1) is 7.24. The van der Waals surface area contributed by atoms with E-state index < -0.39 is 0 Å². The number of hydrogen-bond acceptors (Lipinski definition) is 6. The van der Waals surface area contributed by atoms with Crippen LogP contribution in [0, 0.1) is 0 Å². The van der Waals surface area contributed by atoms with Gasteiger partial charge in [-0.3, -0.25) is 9.59 Å². The van der Waals surface area contributed by atoms with Gasteiger partial charge < -0.3 is 10.3 Å². The molecule has 0 spiro atoms. The molecule has 1 heterocycles. The van der Waals surface area contributed by atoms with Crippen LogP contribution in [0.4, 0.5) is 0 Å². The summed E-state index contributed by atoms with van der Waals surface area (Å²) >= 11 is 1.27. The van der Waals surface area contributed by atoms with Gasteiger partial charge in [0.05, 0.1) is 16.7 Å². The van der Waals surface area contributed by atoms with Crippen molar-refractivity contribution in [3.63, 3.8) is 0 Å². The first-order valence-corrected chi connectivity index (χ1v) is 5.31. The largest absolute Gasteiger partial charge is 0.352 e. The third-order valence-corrected chi connectivity index (χ3v) is 2.95. The Morgan fingerprint density at radius 1 is 1.47 bits per heavy atom. The topological polar surface area (TPSA) is 86.2 Å². The van der Waals surface area contributed by atoms with Crippen molar-refractivity contribution < 1.29 is 14.1 Å². The maximum Gasteiger partial charge on any atom is 0.225 e. The molecule has 0 saturated heterocycles. The number of nitrogens with zero attached hydrogens (tertiary/aromatic N) is 1. The molecule has 2 N–H and O–H groups in total. The second kappa shape index (κ2) is 4.00. The smallest absolute Gasteiger partial charge is 0.225 e. The average Bonchev–Trinajstić information content (AvgIpc) is 2.70. The van der Waals surface area contributed by atoms with Crippen LogP contribution in [0.3, 0.4) is 0 Å². The third-order valence-electron chi connectivity index (χ3n) is 1.90. The average molecular weight is 224 g/mol. The zero-order valence-electron chi connectivity index (χ0n) is 7.73. The number of allylic oxidation sites excluding steroid dienone is 2. The number of ketones is 2. The normalized spacial score (nSPS) is 15.1. The first-order valence-electron chi connectivity index (χ1n) is 4.32. The van der Waals surface area contributed by atoms with Crippen LogP contribution < -0.4 is 5.73 Å². The van der Waals surface area contributed by atoms with Gasteiger partial charge in [0.15, 0.2) is 0 Å². The molecule has 6 heteroatoms. The van der Waals surface area contributed by atoms with Gasteiger partial charge in [-0.25, -0.2) is 0 Å². The van der Waals surface area contributed by atoms with E-state index in [0.717, 1.165) is 0 Å². The number of nitrogens with two attached hydrogens (primary N) is 1. The Morgan fingerprint density at radius 2 is 2.27 bits per heavy atom. The summed E-state index contributed by atoms with van der Waals surface area (Å²) in [5.41, 5.74) is 5.56. The van der Waals surface area contributed by atoms with Crippen molar-refractivity contribution in [1.29, 1.82) is 0 Å². The van der Waals surface area contributed by atoms with E-state index >= 15 is 0 Å². The van der Waals surface area contributed by atoms with Crippen LogP contribution in [0.1, 0.15) is 20.9 Å². The fourth-order valence-electron chi connectivity index (χ4n) is 1.24. The fraction of sp³-hybridized carbons (Fsp3) is 0.222. The van der Waals surface area contributed by atoms with E-state index in [-0.39, 0.29) is 22.9 Å². The third kappa shape index (κ3) is 1.73. The minimum Gasteiger partial charge on any atom is -0.352 e. The number of rotatable bonds is 3. The van der Waals surface area contributed by atoms with Gasteiger partial charge in [-0.05, 0) is 0 Å². The van der Waals surface area contributed by atoms with Crippen LogP contribution in [-0.2, 0) is 0 Å². The molecule has 5 nitrogen and oxygen atoms in total. The van der Waals surface area contributed by atoms with E-state index in [1.165, 1.54) is 24.0 Å². The summed E-state index contributed by atoms with van der Waals surface area (Å²) in [7, 11) is 0. The zero-order chi connectivity index (χ0) is 10.8. The molecule has 0 amide bonds. The molecule has 0 aliphatic heterocycles. The second-order valence-electron chi connectivity index (χ2n) is 2.91. The highest BCUT2D eigenvalue weighted by Crippen LogP contribution is 2.27. The minimum atomic E-state index is -0.318. The number of carbonyl (C=O) groups excluding carboxylic acids is 2. The van der Waals surface area contributed by atoms with E-state index in [9.17, 15) is 9.59 Å². The molecule has 15 heavy (non-hydrogen) atoms. The number of thioether (sulfide) groups is 1. The Morgan fingerprint density at radius 3 is 3.00 bits per heavy atom. The van der Waals surface area contributed by atoms with Crippen molar-refractivity contribution in [2.75, 3.05) is 12.3 Å². The van der Waals surface area contributed by atoms with Gasteiger partial charge in [0, 0.05) is 18.4 Å². The quantitative estimate of drug-likeness (QED) is 0.810. The number of hydrogen-bond donors (Lipinski definition) is 1. The summed E-state index contributed by atoms with van der Waals surface area (Å²) in [5.74, 6) is 0.0916. The van der Waals surface area contributed by atoms with Crippen molar-refractivity contribution >= 4 is 23.3 Å². The van der Waals surface area contributed by atoms with Crippen molar-refractivity contribution in [1.82, 2.24) is 5.16 Å². The fourth-order valence-corrected chi connectivity index (χ4v) is 2.01. The summed E-state index contributed by atoms with van der Waals surface area (Å²) in [6.07, 6.45) is 2.54. The van der Waals surface area contributed by atoms with Gasteiger partial charge in [-0.15, -0.1) is 11.8 Å². The minimum absolute atomic E-state index is 0.0251. The Hall–Kier alpha value is -1.40. The van der Waals surface area contributed by atoms with Gasteiger partial charge in [-0.1, -0.05) is 5.16 Å². The molecule has 0 atom stereocenters. The molecule has 1 aromatic rings. The van der Waals surface area contributed by atoms with E-state index in [1.54, 1.807) is 0 Å². The summed E-state index contributed by atoms with van der Waals surface area (Å²) in [6, 6.07) is 0. The van der Waals surface area contributed by atoms with E-state index in [2.05, 4.69) is 5.16 Å². The SMILES string of the molecule is NCCSC1=CC(=O)c2oncc2C1=O. The van der Waals surface area contributed by atoms with Gasteiger partial charge in [0.25, 0.3) is 0 Å². The Kier molecular flexibility index (Phi) is 2.70. The Bertz CT molecular complexity index is 450. The number of fused-ring (bicyclic) bond motifs is 1. The van der Waals surface area contributed by atoms with Gasteiger partial charge >= 0.3 is 0 Å². The maximum absolute atomic E-state index is 11.7.